The van der Waals surface area contributed by atoms with E-state index in [1.807, 2.05) is 134 Å². The van der Waals surface area contributed by atoms with E-state index in [4.69, 9.17) is 63.2 Å². The maximum absolute atomic E-state index is 13.0. The molecular formula is C59H70Cl3F3N6O6. The van der Waals surface area contributed by atoms with Gasteiger partial charge in [-0.25, -0.2) is 15.0 Å². The Hall–Kier alpha value is -6.81. The van der Waals surface area contributed by atoms with Gasteiger partial charge in [0.2, 0.25) is 0 Å². The molecule has 0 aromatic heterocycles. The fourth-order valence-electron chi connectivity index (χ4n) is 6.96. The van der Waals surface area contributed by atoms with Crippen molar-refractivity contribution in [2.75, 3.05) is 63.6 Å². The average molecular weight is 1120 g/mol. The number of methoxy groups -OCH3 is 3. The fourth-order valence-corrected chi connectivity index (χ4v) is 7.92. The number of aryl methyl sites for hydroxylation is 3. The summed E-state index contributed by atoms with van der Waals surface area (Å²) in [6.45, 7) is 16.4. The van der Waals surface area contributed by atoms with Crippen LogP contribution in [0.25, 0.3) is 0 Å². The molecule has 0 aliphatic rings. The van der Waals surface area contributed by atoms with Crippen LogP contribution in [0.15, 0.2) is 106 Å². The molecule has 0 fully saturated rings. The molecular weight excluding hydrogens is 1050 g/mol. The zero-order chi connectivity index (χ0) is 57.5. The molecule has 0 spiro atoms. The number of benzene rings is 6. The van der Waals surface area contributed by atoms with Crippen LogP contribution in [0.2, 0.25) is 15.1 Å². The van der Waals surface area contributed by atoms with Crippen molar-refractivity contribution in [2.45, 2.75) is 72.9 Å². The molecule has 0 saturated carbocycles. The van der Waals surface area contributed by atoms with Crippen molar-refractivity contribution in [3.05, 3.63) is 139 Å². The lowest BCUT2D eigenvalue weighted by atomic mass is 9.87. The Bertz CT molecular complexity index is 2910. The molecule has 414 valence electrons. The summed E-state index contributed by atoms with van der Waals surface area (Å²) in [5.74, 6) is 4.99. The molecule has 0 aliphatic heterocycles. The quantitative estimate of drug-likeness (QED) is 0.0692. The van der Waals surface area contributed by atoms with Gasteiger partial charge in [-0.3, -0.25) is 0 Å². The van der Waals surface area contributed by atoms with Gasteiger partial charge in [-0.2, -0.15) is 13.2 Å². The summed E-state index contributed by atoms with van der Waals surface area (Å²) >= 11 is 18.2. The van der Waals surface area contributed by atoms with Crippen LogP contribution >= 0.6 is 34.8 Å². The number of nitrogens with zero attached hydrogens (tertiary/aromatic N) is 6. The summed E-state index contributed by atoms with van der Waals surface area (Å²) in [6.07, 6.45) is 0.589. The van der Waals surface area contributed by atoms with Crippen molar-refractivity contribution >= 4 is 70.9 Å². The SMILES string of the molecule is COc1cc(N=CN(C)C)c(C)cc1Oc1ccc(Cl)c(C(C)(C)C)c1.COc1cc(N=CN(C)C)c(C)cc1Oc1ccc(Cl)c(C(C)C)c1.COc1cc(N=CN(C)C)c(C)cc1Oc1ccc(Cl)c(C(F)(F)F)c1. The number of halogens is 6. The molecule has 0 bridgehead atoms. The van der Waals surface area contributed by atoms with Gasteiger partial charge in [0.1, 0.15) is 17.2 Å². The van der Waals surface area contributed by atoms with E-state index in [2.05, 4.69) is 49.6 Å². The number of hydrogen-bond acceptors (Lipinski definition) is 9. The van der Waals surface area contributed by atoms with Crippen LogP contribution in [0.5, 0.6) is 51.7 Å². The van der Waals surface area contributed by atoms with Crippen molar-refractivity contribution in [3.63, 3.8) is 0 Å². The molecule has 0 atom stereocenters. The van der Waals surface area contributed by atoms with Crippen molar-refractivity contribution in [1.29, 1.82) is 0 Å². The molecule has 6 aromatic carbocycles. The Labute approximate surface area is 467 Å². The van der Waals surface area contributed by atoms with Crippen LogP contribution in [0.4, 0.5) is 30.2 Å². The predicted octanol–water partition coefficient (Wildman–Crippen LogP) is 17.5. The molecule has 18 heteroatoms. The van der Waals surface area contributed by atoms with E-state index in [0.29, 0.717) is 40.4 Å². The Morgan fingerprint density at radius 1 is 0.455 bits per heavy atom. The molecule has 0 radical (unpaired) electrons. The highest BCUT2D eigenvalue weighted by atomic mass is 35.5. The third kappa shape index (κ3) is 18.7. The molecule has 6 rings (SSSR count). The zero-order valence-electron chi connectivity index (χ0n) is 46.9. The molecule has 0 heterocycles. The van der Waals surface area contributed by atoms with Gasteiger partial charge in [-0.05, 0) is 133 Å². The van der Waals surface area contributed by atoms with Gasteiger partial charge < -0.3 is 43.1 Å². The molecule has 0 aliphatic carbocycles. The molecule has 12 nitrogen and oxygen atoms in total. The molecule has 0 unspecified atom stereocenters. The number of aliphatic imine (C=N–C) groups is 3. The van der Waals surface area contributed by atoms with E-state index in [1.54, 1.807) is 50.3 Å². The number of ether oxygens (including phenoxy) is 6. The van der Waals surface area contributed by atoms with E-state index >= 15 is 0 Å². The van der Waals surface area contributed by atoms with Crippen LogP contribution in [0, 0.1) is 20.8 Å². The lowest BCUT2D eigenvalue weighted by molar-refractivity contribution is -0.137. The Kier molecular flexibility index (Phi) is 22.8. The summed E-state index contributed by atoms with van der Waals surface area (Å²) < 4.78 is 73.0. The van der Waals surface area contributed by atoms with Crippen molar-refractivity contribution in [2.24, 2.45) is 15.0 Å². The molecule has 77 heavy (non-hydrogen) atoms. The van der Waals surface area contributed by atoms with Crippen LogP contribution in [-0.2, 0) is 11.6 Å². The Morgan fingerprint density at radius 3 is 1.06 bits per heavy atom. The summed E-state index contributed by atoms with van der Waals surface area (Å²) in [5, 5.41) is 1.10. The average Bonchev–Trinajstić information content (AvgIpc) is 3.34. The predicted molar refractivity (Wildman–Crippen MR) is 311 cm³/mol. The second-order valence-electron chi connectivity index (χ2n) is 19.7. The van der Waals surface area contributed by atoms with E-state index in [9.17, 15) is 13.2 Å². The standard InChI is InChI=1S/C21H27ClN2O2.C20H25ClN2O2.C18H18ClF3N2O2/c1-14-10-20(19(25-7)12-18(14)23-13-24(5)6)26-15-8-9-17(22)16(11-15)21(2,3)4;1-13(2)16-10-15(7-8-17(16)21)25-20-9-14(3)18(11-19(20)24-6)22-12-23(4)5;1-11-7-17(16(25-4)9-15(11)23-10-24(2)3)26-12-5-6-14(19)13(8-12)18(20,21)22/h8-13H,1-7H3;7-13H,1-6H3;5-10H,1-4H3. The van der Waals surface area contributed by atoms with Gasteiger partial charge in [0.05, 0.1) is 68.0 Å². The van der Waals surface area contributed by atoms with E-state index in [0.717, 1.165) is 72.9 Å². The minimum Gasteiger partial charge on any atom is -0.493 e. The Balaban J connectivity index is 0.000000249. The summed E-state index contributed by atoms with van der Waals surface area (Å²) in [4.78, 5) is 18.8. The molecule has 6 aromatic rings. The van der Waals surface area contributed by atoms with Crippen molar-refractivity contribution < 1.29 is 41.6 Å². The number of rotatable bonds is 16. The maximum Gasteiger partial charge on any atom is 0.417 e. The molecule has 0 amide bonds. The summed E-state index contributed by atoms with van der Waals surface area (Å²) in [5.41, 5.74) is 6.21. The highest BCUT2D eigenvalue weighted by molar-refractivity contribution is 6.32. The van der Waals surface area contributed by atoms with Crippen LogP contribution in [0.3, 0.4) is 0 Å². The van der Waals surface area contributed by atoms with E-state index in [-0.39, 0.29) is 21.9 Å². The van der Waals surface area contributed by atoms with Gasteiger partial charge in [0.25, 0.3) is 0 Å². The topological polar surface area (TPSA) is 102 Å². The van der Waals surface area contributed by atoms with Crippen LogP contribution < -0.4 is 28.4 Å². The first kappa shape index (κ1) is 62.7. The van der Waals surface area contributed by atoms with Gasteiger partial charge in [-0.15, -0.1) is 0 Å². The normalized spacial score (nSPS) is 11.5. The fraction of sp³-hybridized carbons (Fsp3) is 0.339. The highest BCUT2D eigenvalue weighted by Crippen LogP contribution is 2.43. The third-order valence-corrected chi connectivity index (χ3v) is 12.0. The monoisotopic (exact) mass is 1120 g/mol. The number of hydrogen-bond donors (Lipinski definition) is 0. The largest absolute Gasteiger partial charge is 0.493 e. The lowest BCUT2D eigenvalue weighted by Gasteiger charge is -2.21. The van der Waals surface area contributed by atoms with E-state index < -0.39 is 11.7 Å². The maximum atomic E-state index is 13.0. The van der Waals surface area contributed by atoms with Gasteiger partial charge in [0, 0.05) is 70.5 Å². The Morgan fingerprint density at radius 2 is 0.766 bits per heavy atom. The first-order valence-electron chi connectivity index (χ1n) is 24.2. The summed E-state index contributed by atoms with van der Waals surface area (Å²) in [6, 6.07) is 25.7. The van der Waals surface area contributed by atoms with Crippen molar-refractivity contribution in [3.8, 4) is 51.7 Å². The first-order valence-corrected chi connectivity index (χ1v) is 25.4. The number of alkyl halides is 3. The second kappa shape index (κ2) is 28.0. The zero-order valence-corrected chi connectivity index (χ0v) is 49.1. The lowest BCUT2D eigenvalue weighted by Crippen LogP contribution is -2.11. The minimum atomic E-state index is -4.57. The minimum absolute atomic E-state index is 0.00367. The van der Waals surface area contributed by atoms with Crippen LogP contribution in [0.1, 0.15) is 73.9 Å². The van der Waals surface area contributed by atoms with Gasteiger partial charge >= 0.3 is 6.18 Å². The smallest absolute Gasteiger partial charge is 0.417 e. The first-order chi connectivity index (χ1) is 36.0. The van der Waals surface area contributed by atoms with Crippen LogP contribution in [-0.4, -0.2) is 97.3 Å². The highest BCUT2D eigenvalue weighted by Gasteiger charge is 2.34. The van der Waals surface area contributed by atoms with E-state index in [1.165, 1.54) is 13.2 Å². The molecule has 0 saturated heterocycles. The third-order valence-electron chi connectivity index (χ3n) is 11.0. The molecule has 0 N–H and O–H groups in total. The summed E-state index contributed by atoms with van der Waals surface area (Å²) in [7, 11) is 16.1. The van der Waals surface area contributed by atoms with Gasteiger partial charge in [-0.1, -0.05) is 69.4 Å². The van der Waals surface area contributed by atoms with Crippen molar-refractivity contribution in [1.82, 2.24) is 14.7 Å². The second-order valence-corrected chi connectivity index (χ2v) is 20.9. The van der Waals surface area contributed by atoms with Gasteiger partial charge in [0.15, 0.2) is 34.5 Å².